The van der Waals surface area contributed by atoms with Gasteiger partial charge in [-0.1, -0.05) is 43.7 Å². The maximum absolute atomic E-state index is 12.6. The molecule has 0 unspecified atom stereocenters. The van der Waals surface area contributed by atoms with Crippen LogP contribution in [0.15, 0.2) is 35.5 Å². The van der Waals surface area contributed by atoms with Gasteiger partial charge in [-0.3, -0.25) is 0 Å². The highest BCUT2D eigenvalue weighted by atomic mass is 19.3. The summed E-state index contributed by atoms with van der Waals surface area (Å²) in [6.07, 6.45) is 11.5. The van der Waals surface area contributed by atoms with Gasteiger partial charge < -0.3 is 15.1 Å². The minimum Gasteiger partial charge on any atom is -0.388 e. The zero-order chi connectivity index (χ0) is 25.2. The maximum Gasteiger partial charge on any atom is 0.238 e. The van der Waals surface area contributed by atoms with E-state index in [0.717, 1.165) is 44.0 Å². The van der Waals surface area contributed by atoms with Crippen LogP contribution in [0, 0.1) is 29.1 Å². The second kappa shape index (κ2) is 11.6. The molecule has 7 atom stereocenters. The van der Waals surface area contributed by atoms with E-state index in [1.54, 1.807) is 5.57 Å². The summed E-state index contributed by atoms with van der Waals surface area (Å²) < 4.78 is 25.1. The summed E-state index contributed by atoms with van der Waals surface area (Å²) in [5.41, 5.74) is 3.59. The first kappa shape index (κ1) is 27.0. The lowest BCUT2D eigenvalue weighted by Gasteiger charge is -2.44. The number of aliphatic hydroxyl groups excluding tert-OH is 2. The van der Waals surface area contributed by atoms with Crippen LogP contribution in [0.3, 0.4) is 0 Å². The molecule has 0 radical (unpaired) electrons. The number of aliphatic hydroxyl groups is 2. The Morgan fingerprint density at radius 3 is 2.57 bits per heavy atom. The summed E-state index contributed by atoms with van der Waals surface area (Å²) in [4.78, 5) is 2.52. The molecule has 0 amide bonds. The third-order valence-electron chi connectivity index (χ3n) is 10.1. The van der Waals surface area contributed by atoms with Crippen molar-refractivity contribution in [1.29, 1.82) is 0 Å². The van der Waals surface area contributed by atoms with Crippen molar-refractivity contribution in [3.63, 3.8) is 0 Å². The van der Waals surface area contributed by atoms with Gasteiger partial charge in [0.15, 0.2) is 0 Å². The number of hydrogen-bond acceptors (Lipinski definition) is 3. The van der Waals surface area contributed by atoms with Crippen LogP contribution in [0.5, 0.6) is 0 Å². The van der Waals surface area contributed by atoms with Crippen LogP contribution in [0.25, 0.3) is 0 Å². The molecule has 0 aromatic rings. The smallest absolute Gasteiger partial charge is 0.238 e. The second-order valence-electron chi connectivity index (χ2n) is 12.4. The molecule has 4 rings (SSSR count). The zero-order valence-corrected chi connectivity index (χ0v) is 21.9. The molecule has 2 N–H and O–H groups in total. The predicted molar refractivity (Wildman–Crippen MR) is 138 cm³/mol. The minimum absolute atomic E-state index is 0.0553. The number of likely N-dealkylation sites (tertiary alicyclic amines) is 1. The Bertz CT molecular complexity index is 792. The van der Waals surface area contributed by atoms with Crippen LogP contribution in [0.4, 0.5) is 8.78 Å². The molecule has 198 valence electrons. The van der Waals surface area contributed by atoms with E-state index in [-0.39, 0.29) is 6.42 Å². The van der Waals surface area contributed by atoms with E-state index >= 15 is 0 Å². The van der Waals surface area contributed by atoms with Crippen molar-refractivity contribution in [2.24, 2.45) is 29.1 Å². The van der Waals surface area contributed by atoms with E-state index in [9.17, 15) is 19.0 Å². The number of nitrogens with zero attached hydrogens (tertiary/aromatic N) is 1. The molecule has 3 aliphatic carbocycles. The van der Waals surface area contributed by atoms with Crippen molar-refractivity contribution in [3.05, 3.63) is 35.5 Å². The lowest BCUT2D eigenvalue weighted by atomic mass is 9.61. The topological polar surface area (TPSA) is 43.7 Å². The quantitative estimate of drug-likeness (QED) is 0.380. The molecule has 1 aliphatic heterocycles. The summed E-state index contributed by atoms with van der Waals surface area (Å²) in [7, 11) is 0. The first-order valence-corrected chi connectivity index (χ1v) is 14.1. The lowest BCUT2D eigenvalue weighted by Crippen LogP contribution is -2.37. The minimum atomic E-state index is -2.16. The molecular weight excluding hydrogens is 444 g/mol. The molecular formula is C30H47F2NO2. The van der Waals surface area contributed by atoms with Gasteiger partial charge in [0.25, 0.3) is 0 Å². The summed E-state index contributed by atoms with van der Waals surface area (Å²) in [6.45, 7) is 12.0. The fourth-order valence-corrected chi connectivity index (χ4v) is 7.94. The third-order valence-corrected chi connectivity index (χ3v) is 10.1. The van der Waals surface area contributed by atoms with Gasteiger partial charge in [0.05, 0.1) is 12.2 Å². The van der Waals surface area contributed by atoms with Crippen LogP contribution >= 0.6 is 0 Å². The van der Waals surface area contributed by atoms with Gasteiger partial charge in [0.1, 0.15) is 0 Å². The number of rotatable bonds is 8. The van der Waals surface area contributed by atoms with Gasteiger partial charge in [-0.2, -0.15) is 0 Å². The van der Waals surface area contributed by atoms with Crippen LogP contribution in [-0.2, 0) is 0 Å². The highest BCUT2D eigenvalue weighted by Gasteiger charge is 2.50. The molecule has 5 heteroatoms. The predicted octanol–water partition coefficient (Wildman–Crippen LogP) is 6.52. The van der Waals surface area contributed by atoms with Crippen molar-refractivity contribution in [3.8, 4) is 0 Å². The Kier molecular flexibility index (Phi) is 8.92. The van der Waals surface area contributed by atoms with Gasteiger partial charge >= 0.3 is 0 Å². The molecule has 3 saturated carbocycles. The van der Waals surface area contributed by atoms with E-state index in [0.29, 0.717) is 48.0 Å². The summed E-state index contributed by atoms with van der Waals surface area (Å²) in [5.74, 6) is 2.51. The first-order chi connectivity index (χ1) is 16.7. The molecule has 4 fully saturated rings. The Hall–Kier alpha value is -1.04. The Labute approximate surface area is 211 Å². The van der Waals surface area contributed by atoms with Crippen LogP contribution in [0.1, 0.15) is 84.5 Å². The van der Waals surface area contributed by atoms with Crippen molar-refractivity contribution < 1.29 is 19.0 Å². The number of hydrogen-bond donors (Lipinski definition) is 2. The summed E-state index contributed by atoms with van der Waals surface area (Å²) in [6, 6.07) is 0. The van der Waals surface area contributed by atoms with E-state index in [4.69, 9.17) is 0 Å². The Morgan fingerprint density at radius 2 is 1.86 bits per heavy atom. The molecule has 0 bridgehead atoms. The molecule has 35 heavy (non-hydrogen) atoms. The number of halogens is 2. The summed E-state index contributed by atoms with van der Waals surface area (Å²) >= 11 is 0. The van der Waals surface area contributed by atoms with Crippen molar-refractivity contribution in [2.75, 3.05) is 19.6 Å². The monoisotopic (exact) mass is 491 g/mol. The van der Waals surface area contributed by atoms with Gasteiger partial charge in [0, 0.05) is 13.0 Å². The number of allylic oxidation sites excluding steroid dienone is 3. The third kappa shape index (κ3) is 6.27. The summed E-state index contributed by atoms with van der Waals surface area (Å²) in [5, 5.41) is 20.4. The highest BCUT2D eigenvalue weighted by Crippen LogP contribution is 2.59. The number of alkyl halides is 2. The Morgan fingerprint density at radius 1 is 1.11 bits per heavy atom. The van der Waals surface area contributed by atoms with E-state index < -0.39 is 18.6 Å². The maximum atomic E-state index is 12.6. The SMILES string of the molecule is C=C1[C@H](O)CC(=C/C=C2\CCC[C@]3(C)[C@@H]([C@H](C)CCN4CC[C@@H](CCC(F)F)C4)CC[C@@H]23)C[C@H]1O. The van der Waals surface area contributed by atoms with Crippen molar-refractivity contribution in [2.45, 2.75) is 103 Å². The van der Waals surface area contributed by atoms with E-state index in [2.05, 4.69) is 37.5 Å². The normalized spacial score (nSPS) is 38.4. The first-order valence-electron chi connectivity index (χ1n) is 14.1. The molecule has 1 heterocycles. The zero-order valence-electron chi connectivity index (χ0n) is 21.9. The lowest BCUT2D eigenvalue weighted by molar-refractivity contribution is 0.0895. The fraction of sp³-hybridized carbons (Fsp3) is 0.800. The van der Waals surface area contributed by atoms with Crippen LogP contribution in [-0.4, -0.2) is 53.4 Å². The average molecular weight is 492 g/mol. The molecule has 4 aliphatic rings. The van der Waals surface area contributed by atoms with Gasteiger partial charge in [-0.05, 0) is 112 Å². The Balaban J connectivity index is 1.33. The largest absolute Gasteiger partial charge is 0.388 e. The highest BCUT2D eigenvalue weighted by molar-refractivity contribution is 5.29. The molecule has 3 nitrogen and oxygen atoms in total. The van der Waals surface area contributed by atoms with Crippen molar-refractivity contribution in [1.82, 2.24) is 4.90 Å². The second-order valence-corrected chi connectivity index (χ2v) is 12.4. The molecule has 0 aromatic heterocycles. The fourth-order valence-electron chi connectivity index (χ4n) is 7.94. The number of fused-ring (bicyclic) bond motifs is 1. The van der Waals surface area contributed by atoms with Crippen LogP contribution in [0.2, 0.25) is 0 Å². The van der Waals surface area contributed by atoms with Crippen molar-refractivity contribution >= 4 is 0 Å². The van der Waals surface area contributed by atoms with Gasteiger partial charge in [-0.15, -0.1) is 0 Å². The standard InChI is InChI=1S/C30H47F2NO2/c1-20(12-15-33-16-13-22(19-33)7-11-29(31)32)25-9-10-26-24(5-4-14-30(25,26)3)8-6-23-17-27(34)21(2)28(35)18-23/h6,8,20,22,25-29,34-35H,2,4-5,7,9-19H2,1,3H3/b24-8+/t20-,22-,25-,26+,27-,28-,30-/m1/s1. The molecule has 1 saturated heterocycles. The molecule has 0 aromatic carbocycles. The van der Waals surface area contributed by atoms with E-state index in [1.165, 1.54) is 32.1 Å². The van der Waals surface area contributed by atoms with Crippen LogP contribution < -0.4 is 0 Å². The average Bonchev–Trinajstić information content (AvgIpc) is 3.42. The van der Waals surface area contributed by atoms with E-state index in [1.807, 2.05) is 0 Å². The van der Waals surface area contributed by atoms with Gasteiger partial charge in [0.2, 0.25) is 6.43 Å². The van der Waals surface area contributed by atoms with Gasteiger partial charge in [-0.25, -0.2) is 8.78 Å². The molecule has 0 spiro atoms.